The lowest BCUT2D eigenvalue weighted by Gasteiger charge is -2.10. The van der Waals surface area contributed by atoms with Crippen molar-refractivity contribution in [3.63, 3.8) is 0 Å². The van der Waals surface area contributed by atoms with E-state index in [-0.39, 0.29) is 49.9 Å². The van der Waals surface area contributed by atoms with Gasteiger partial charge in [-0.2, -0.15) is 5.10 Å². The van der Waals surface area contributed by atoms with Crippen molar-refractivity contribution in [1.29, 1.82) is 0 Å². The number of fused-ring (bicyclic) bond motifs is 1. The van der Waals surface area contributed by atoms with Crippen molar-refractivity contribution in [2.24, 2.45) is 10.9 Å². The number of benzene rings is 1. The number of ketones is 1. The van der Waals surface area contributed by atoms with Crippen LogP contribution in [0.4, 0.5) is 0 Å². The highest BCUT2D eigenvalue weighted by Crippen LogP contribution is 2.31. The lowest BCUT2D eigenvalue weighted by Crippen LogP contribution is -2.19. The molecule has 0 saturated carbocycles. The third kappa shape index (κ3) is 3.77. The van der Waals surface area contributed by atoms with Crippen LogP contribution >= 0.6 is 11.6 Å². The van der Waals surface area contributed by atoms with Crippen LogP contribution in [0, 0.1) is 13.8 Å². The summed E-state index contributed by atoms with van der Waals surface area (Å²) in [5.41, 5.74) is 0.439. The van der Waals surface area contributed by atoms with Crippen LogP contribution in [0.2, 0.25) is 5.02 Å². The smallest absolute Gasteiger partial charge is 0.337 e. The Hall–Kier alpha value is -4.51. The summed E-state index contributed by atoms with van der Waals surface area (Å²) in [6.07, 6.45) is 1.44. The van der Waals surface area contributed by atoms with Crippen molar-refractivity contribution in [2.45, 2.75) is 13.8 Å². The zero-order valence-electron chi connectivity index (χ0n) is 17.8. The minimum atomic E-state index is -1.22. The number of carbonyl (C=O) groups is 2. The van der Waals surface area contributed by atoms with E-state index in [2.05, 4.69) is 20.2 Å². The maximum absolute atomic E-state index is 13.2. The number of aromatic hydroxyl groups is 2. The molecule has 0 spiro atoms. The van der Waals surface area contributed by atoms with Crippen LogP contribution in [-0.4, -0.2) is 52.5 Å². The molecule has 0 amide bonds. The molecule has 11 nitrogen and oxygen atoms in total. The zero-order chi connectivity index (χ0) is 24.7. The summed E-state index contributed by atoms with van der Waals surface area (Å²) in [7, 11) is 0. The Morgan fingerprint density at radius 3 is 2.47 bits per heavy atom. The second kappa shape index (κ2) is 8.45. The fraction of sp³-hybridized carbons (Fsp3) is 0.0909. The van der Waals surface area contributed by atoms with Crippen LogP contribution in [0.25, 0.3) is 16.7 Å². The van der Waals surface area contributed by atoms with Gasteiger partial charge in [0.15, 0.2) is 5.65 Å². The van der Waals surface area contributed by atoms with Crippen LogP contribution in [0.3, 0.4) is 0 Å². The molecular weight excluding hydrogens is 464 g/mol. The van der Waals surface area contributed by atoms with Gasteiger partial charge in [-0.05, 0) is 44.2 Å². The number of carboxylic acids is 1. The summed E-state index contributed by atoms with van der Waals surface area (Å²) in [5.74, 6) is 2.69. The third-order valence-electron chi connectivity index (χ3n) is 5.10. The van der Waals surface area contributed by atoms with E-state index < -0.39 is 17.6 Å². The van der Waals surface area contributed by atoms with Crippen molar-refractivity contribution in [1.82, 2.24) is 19.7 Å². The molecule has 3 aromatic heterocycles. The fourth-order valence-corrected chi connectivity index (χ4v) is 3.62. The van der Waals surface area contributed by atoms with Gasteiger partial charge in [-0.3, -0.25) is 4.79 Å². The van der Waals surface area contributed by atoms with Crippen molar-refractivity contribution in [2.75, 3.05) is 0 Å². The standard InChI is InChI=1S/C22H17ClN6O5/c1-9-3-5-12(21(32)25-9)19(31)17(27-24)16-14-8-29(28-20(14)26-10(2)18(16)30)11-4-6-15(23)13(7-11)22(33)34/h3-8,30H,24H2,1-2H3,(H,25,32)(H,33,34)/b27-17+. The van der Waals surface area contributed by atoms with E-state index in [9.17, 15) is 24.9 Å². The predicted octanol–water partition coefficient (Wildman–Crippen LogP) is 2.74. The number of aromatic carboxylic acids is 1. The minimum absolute atomic E-state index is 0.0475. The molecule has 0 saturated heterocycles. The van der Waals surface area contributed by atoms with Crippen molar-refractivity contribution >= 4 is 40.1 Å². The van der Waals surface area contributed by atoms with Gasteiger partial charge in [-0.15, -0.1) is 5.10 Å². The molecule has 0 aliphatic carbocycles. The lowest BCUT2D eigenvalue weighted by atomic mass is 9.98. The summed E-state index contributed by atoms with van der Waals surface area (Å²) < 4.78 is 1.33. The number of nitrogens with two attached hydrogens (primary N) is 1. The number of hydrazone groups is 1. The summed E-state index contributed by atoms with van der Waals surface area (Å²) >= 11 is 5.95. The normalized spacial score (nSPS) is 11.7. The number of carbonyl (C=O) groups excluding carboxylic acids is 1. The second-order valence-corrected chi connectivity index (χ2v) is 7.74. The van der Waals surface area contributed by atoms with Crippen molar-refractivity contribution < 1.29 is 24.9 Å². The molecule has 0 bridgehead atoms. The first-order chi connectivity index (χ1) is 16.1. The molecule has 3 heterocycles. The van der Waals surface area contributed by atoms with Gasteiger partial charge in [0.2, 0.25) is 11.7 Å². The van der Waals surface area contributed by atoms with Crippen LogP contribution in [0.5, 0.6) is 11.6 Å². The number of rotatable bonds is 5. The molecule has 0 unspecified atom stereocenters. The van der Waals surface area contributed by atoms with Gasteiger partial charge in [0, 0.05) is 11.9 Å². The summed E-state index contributed by atoms with van der Waals surface area (Å²) in [6.45, 7) is 3.15. The summed E-state index contributed by atoms with van der Waals surface area (Å²) in [6, 6.07) is 7.19. The molecule has 34 heavy (non-hydrogen) atoms. The number of aromatic nitrogens is 4. The monoisotopic (exact) mass is 480 g/mol. The molecule has 0 aliphatic rings. The molecular formula is C22H17ClN6O5. The number of hydrogen-bond donors (Lipinski definition) is 4. The number of aryl methyl sites for hydroxylation is 2. The van der Waals surface area contributed by atoms with E-state index in [1.54, 1.807) is 13.0 Å². The maximum atomic E-state index is 13.2. The topological polar surface area (TPSA) is 177 Å². The molecule has 4 aromatic rings. The van der Waals surface area contributed by atoms with Crippen LogP contribution in [0.15, 0.2) is 41.6 Å². The Kier molecular flexibility index (Phi) is 5.63. The highest BCUT2D eigenvalue weighted by molar-refractivity contribution is 6.53. The lowest BCUT2D eigenvalue weighted by molar-refractivity contribution is 0.0696. The molecule has 0 radical (unpaired) electrons. The first kappa shape index (κ1) is 22.7. The number of Topliss-reactive ketones (excluding diaryl/α,β-unsaturated/α-hetero) is 1. The van der Waals surface area contributed by atoms with Gasteiger partial charge in [0.1, 0.15) is 11.5 Å². The average Bonchev–Trinajstić information content (AvgIpc) is 3.20. The Bertz CT molecular complexity index is 1530. The number of carboxylic acid groups (broad SMARTS) is 1. The molecule has 1 aromatic carbocycles. The Balaban J connectivity index is 1.92. The van der Waals surface area contributed by atoms with Crippen molar-refractivity contribution in [3.8, 4) is 17.3 Å². The maximum Gasteiger partial charge on any atom is 0.337 e. The molecule has 172 valence electrons. The predicted molar refractivity (Wildman–Crippen MR) is 123 cm³/mol. The van der Waals surface area contributed by atoms with E-state index in [4.69, 9.17) is 17.4 Å². The first-order valence-electron chi connectivity index (χ1n) is 9.74. The zero-order valence-corrected chi connectivity index (χ0v) is 18.6. The van der Waals surface area contributed by atoms with Crippen molar-refractivity contribution in [3.05, 3.63) is 69.6 Å². The fourth-order valence-electron chi connectivity index (χ4n) is 3.42. The van der Waals surface area contributed by atoms with E-state index in [1.807, 2.05) is 0 Å². The van der Waals surface area contributed by atoms with Crippen LogP contribution < -0.4 is 5.84 Å². The van der Waals surface area contributed by atoms with Gasteiger partial charge >= 0.3 is 5.97 Å². The van der Waals surface area contributed by atoms with E-state index in [1.165, 1.54) is 42.1 Å². The third-order valence-corrected chi connectivity index (χ3v) is 5.43. The Labute approximate surface area is 196 Å². The highest BCUT2D eigenvalue weighted by Gasteiger charge is 2.27. The van der Waals surface area contributed by atoms with Gasteiger partial charge < -0.3 is 21.2 Å². The first-order valence-corrected chi connectivity index (χ1v) is 10.1. The summed E-state index contributed by atoms with van der Waals surface area (Å²) in [5, 5.41) is 38.5. The highest BCUT2D eigenvalue weighted by atomic mass is 35.5. The quantitative estimate of drug-likeness (QED) is 0.145. The SMILES string of the molecule is Cc1ccc(C(=O)/C(=N/N)c2c(O)c(C)nc3nn(-c4ccc(Cl)c(C(=O)O)c4)cc23)c(O)n1. The van der Waals surface area contributed by atoms with E-state index >= 15 is 0 Å². The van der Waals surface area contributed by atoms with Gasteiger partial charge in [0.05, 0.1) is 38.5 Å². The average molecular weight is 481 g/mol. The molecule has 5 N–H and O–H groups in total. The number of hydrogen-bond acceptors (Lipinski definition) is 9. The number of nitrogens with zero attached hydrogens (tertiary/aromatic N) is 5. The number of pyridine rings is 2. The van der Waals surface area contributed by atoms with E-state index in [0.717, 1.165) is 0 Å². The molecule has 12 heteroatoms. The van der Waals surface area contributed by atoms with Gasteiger partial charge in [-0.1, -0.05) is 11.6 Å². The molecule has 4 rings (SSSR count). The second-order valence-electron chi connectivity index (χ2n) is 7.33. The largest absolute Gasteiger partial charge is 0.505 e. The molecule has 0 aliphatic heterocycles. The Morgan fingerprint density at radius 1 is 1.09 bits per heavy atom. The van der Waals surface area contributed by atoms with Crippen LogP contribution in [0.1, 0.15) is 37.7 Å². The molecule has 0 fully saturated rings. The molecule has 0 atom stereocenters. The van der Waals surface area contributed by atoms with Crippen LogP contribution in [-0.2, 0) is 0 Å². The van der Waals surface area contributed by atoms with Gasteiger partial charge in [-0.25, -0.2) is 19.4 Å². The Morgan fingerprint density at radius 2 is 1.82 bits per heavy atom. The van der Waals surface area contributed by atoms with E-state index in [0.29, 0.717) is 11.4 Å². The number of halogens is 1. The minimum Gasteiger partial charge on any atom is -0.505 e. The van der Waals surface area contributed by atoms with Gasteiger partial charge in [0.25, 0.3) is 0 Å². The summed E-state index contributed by atoms with van der Waals surface area (Å²) in [4.78, 5) is 32.8.